The van der Waals surface area contributed by atoms with Gasteiger partial charge in [-0.2, -0.15) is 6.92 Å². The van der Waals surface area contributed by atoms with Crippen LogP contribution in [0.2, 0.25) is 0 Å². The number of rotatable bonds is 0. The zero-order chi connectivity index (χ0) is 21.2. The second-order valence-electron chi connectivity index (χ2n) is 6.75. The van der Waals surface area contributed by atoms with E-state index in [4.69, 9.17) is 0 Å². The molecule has 2 saturated carbocycles. The van der Waals surface area contributed by atoms with Gasteiger partial charge in [-0.25, -0.2) is 0 Å². The third-order valence-electron chi connectivity index (χ3n) is 5.88. The average Bonchev–Trinajstić information content (AvgIpc) is 2.94. The van der Waals surface area contributed by atoms with Gasteiger partial charge in [0.15, 0.2) is 0 Å². The van der Waals surface area contributed by atoms with Crippen molar-refractivity contribution >= 4 is 0 Å². The van der Waals surface area contributed by atoms with Gasteiger partial charge in [-0.3, -0.25) is 0 Å². The number of hydrogen-bond acceptors (Lipinski definition) is 0. The molecule has 0 unspecified atom stereocenters. The third kappa shape index (κ3) is 9.22. The topological polar surface area (TPSA) is 0 Å². The van der Waals surface area contributed by atoms with Gasteiger partial charge in [0.1, 0.15) is 0 Å². The van der Waals surface area contributed by atoms with Gasteiger partial charge in [0.2, 0.25) is 0 Å². The molecule has 0 atom stereocenters. The Labute approximate surface area is 190 Å². The van der Waals surface area contributed by atoms with Gasteiger partial charge in [-0.15, -0.1) is 0 Å². The van der Waals surface area contributed by atoms with Gasteiger partial charge in [0, 0.05) is 22.4 Å². The minimum Gasteiger partial charge on any atom is -0.346 e. The summed E-state index contributed by atoms with van der Waals surface area (Å²) in [6.45, 7) is 30.6. The van der Waals surface area contributed by atoms with Crippen LogP contribution in [0.3, 0.4) is 0 Å². The molecule has 0 N–H and O–H groups in total. The standard InChI is InChI=1S/2C10H15.C4H6.C2H5.Ta/c2*1-6-7(2)9(4)10(5)8(6)3;1-3-4-2;1-2;/h2*1-5H3;1-2H3;1H2,2H3;/q;;;-1;. The third-order valence-corrected chi connectivity index (χ3v) is 5.88. The maximum absolute atomic E-state index is 3.25. The summed E-state index contributed by atoms with van der Waals surface area (Å²) in [5, 5.41) is 0. The van der Waals surface area contributed by atoms with Crippen LogP contribution in [-0.2, 0) is 22.4 Å². The predicted molar refractivity (Wildman–Crippen MR) is 118 cm³/mol. The Bertz CT molecular complexity index is 238. The Morgan fingerprint density at radius 3 is 0.481 bits per heavy atom. The van der Waals surface area contributed by atoms with E-state index in [0.29, 0.717) is 0 Å². The summed E-state index contributed by atoms with van der Waals surface area (Å²) >= 11 is 0. The fourth-order valence-corrected chi connectivity index (χ4v) is 2.81. The molecule has 2 fully saturated rings. The van der Waals surface area contributed by atoms with Gasteiger partial charge in [0.05, 0.1) is 0 Å². The molecule has 0 aliphatic heterocycles. The van der Waals surface area contributed by atoms with E-state index in [0.717, 1.165) is 0 Å². The molecule has 151 valence electrons. The van der Waals surface area contributed by atoms with Crippen molar-refractivity contribution in [2.75, 3.05) is 0 Å². The molecule has 2 aliphatic rings. The minimum atomic E-state index is 0. The van der Waals surface area contributed by atoms with E-state index >= 15 is 0 Å². The van der Waals surface area contributed by atoms with Crippen molar-refractivity contribution < 1.29 is 22.4 Å². The van der Waals surface area contributed by atoms with Gasteiger partial charge >= 0.3 is 0 Å². The molecule has 0 bridgehead atoms. The zero-order valence-electron chi connectivity index (χ0n) is 20.2. The Morgan fingerprint density at radius 1 is 0.370 bits per heavy atom. The monoisotopic (exact) mass is 534 g/mol. The van der Waals surface area contributed by atoms with Crippen molar-refractivity contribution in [1.29, 1.82) is 0 Å². The molecular weight excluding hydrogens is 493 g/mol. The van der Waals surface area contributed by atoms with Crippen molar-refractivity contribution in [3.8, 4) is 0 Å². The maximum atomic E-state index is 3.25. The fraction of sp³-hybridized carbons (Fsp3) is 0.500. The quantitative estimate of drug-likeness (QED) is 0.277. The van der Waals surface area contributed by atoms with Crippen LogP contribution in [0.5, 0.6) is 0 Å². The van der Waals surface area contributed by atoms with Crippen LogP contribution in [0.4, 0.5) is 0 Å². The smallest absolute Gasteiger partial charge is 0 e. The van der Waals surface area contributed by atoms with Crippen LogP contribution in [0.15, 0.2) is 0 Å². The summed E-state index contributed by atoms with van der Waals surface area (Å²) < 4.78 is 0. The van der Waals surface area contributed by atoms with Crippen LogP contribution in [0, 0.1) is 78.3 Å². The molecule has 2 rings (SSSR count). The maximum Gasteiger partial charge on any atom is 0 e. The second kappa shape index (κ2) is 16.3. The molecule has 0 amide bonds. The van der Waals surface area contributed by atoms with E-state index in [1.165, 1.54) is 59.2 Å². The van der Waals surface area contributed by atoms with Crippen LogP contribution >= 0.6 is 0 Å². The molecule has 0 spiro atoms. The first-order chi connectivity index (χ1) is 12.0. The van der Waals surface area contributed by atoms with Crippen LogP contribution in [0.25, 0.3) is 0 Å². The summed E-state index contributed by atoms with van der Waals surface area (Å²) in [4.78, 5) is 0. The van der Waals surface area contributed by atoms with Gasteiger partial charge in [0.25, 0.3) is 0 Å². The minimum absolute atomic E-state index is 0. The molecule has 2 aliphatic carbocycles. The number of hydrogen-bond donors (Lipinski definition) is 0. The molecular formula is C26H41Ta-. The van der Waals surface area contributed by atoms with Crippen LogP contribution in [0.1, 0.15) is 90.0 Å². The fourth-order valence-electron chi connectivity index (χ4n) is 2.81. The normalized spacial score (nSPS) is 22.7. The van der Waals surface area contributed by atoms with Crippen LogP contribution < -0.4 is 0 Å². The Morgan fingerprint density at radius 2 is 0.444 bits per heavy atom. The van der Waals surface area contributed by atoms with Crippen molar-refractivity contribution in [1.82, 2.24) is 0 Å². The predicted octanol–water partition coefficient (Wildman–Crippen LogP) is 7.97. The molecule has 0 aromatic carbocycles. The number of allylic oxidation sites excluding steroid dienone is 2. The van der Waals surface area contributed by atoms with E-state index in [-0.39, 0.29) is 22.4 Å². The van der Waals surface area contributed by atoms with E-state index in [9.17, 15) is 0 Å². The SMILES string of the molecule is C[C]1[C](C)[C](C)[C](C)[C]1C.C[C]1[C](C)[C](C)[C](C)[C]1C.C[C]=[C]C.[CH2-]C.[Ta]. The molecule has 0 saturated heterocycles. The Kier molecular flexibility index (Phi) is 19.4. The largest absolute Gasteiger partial charge is 0.346 e. The van der Waals surface area contributed by atoms with Gasteiger partial charge in [-0.1, -0.05) is 69.2 Å². The van der Waals surface area contributed by atoms with Gasteiger partial charge in [-0.05, 0) is 85.2 Å². The van der Waals surface area contributed by atoms with Gasteiger partial charge < -0.3 is 6.92 Å². The van der Waals surface area contributed by atoms with Crippen molar-refractivity contribution in [2.24, 2.45) is 0 Å². The first-order valence-corrected chi connectivity index (χ1v) is 9.46. The zero-order valence-corrected chi connectivity index (χ0v) is 23.4. The molecule has 0 nitrogen and oxygen atoms in total. The second-order valence-corrected chi connectivity index (χ2v) is 6.75. The van der Waals surface area contributed by atoms with E-state index in [1.54, 1.807) is 6.92 Å². The molecule has 1 heteroatoms. The molecule has 0 aromatic heterocycles. The van der Waals surface area contributed by atoms with Crippen molar-refractivity contribution in [3.05, 3.63) is 78.3 Å². The van der Waals surface area contributed by atoms with E-state index in [1.807, 2.05) is 13.8 Å². The summed E-state index contributed by atoms with van der Waals surface area (Å²) in [5.41, 5.74) is 0. The summed E-state index contributed by atoms with van der Waals surface area (Å²) in [7, 11) is 0. The molecule has 0 aromatic rings. The van der Waals surface area contributed by atoms with E-state index in [2.05, 4.69) is 88.3 Å². The summed E-state index contributed by atoms with van der Waals surface area (Å²) in [6.07, 6.45) is 5.36. The van der Waals surface area contributed by atoms with Crippen molar-refractivity contribution in [3.63, 3.8) is 0 Å². The first kappa shape index (κ1) is 32.2. The molecule has 0 heterocycles. The summed E-state index contributed by atoms with van der Waals surface area (Å²) in [5.74, 6) is 14.7. The van der Waals surface area contributed by atoms with Crippen molar-refractivity contribution in [2.45, 2.75) is 90.0 Å². The molecule has 27 heavy (non-hydrogen) atoms. The van der Waals surface area contributed by atoms with Crippen LogP contribution in [-0.4, -0.2) is 0 Å². The average molecular weight is 535 g/mol. The summed E-state index contributed by atoms with van der Waals surface area (Å²) in [6, 6.07) is 0. The van der Waals surface area contributed by atoms with E-state index < -0.39 is 0 Å². The first-order valence-electron chi connectivity index (χ1n) is 9.46. The molecule has 13 radical (unpaired) electrons. The Hall–Kier alpha value is 0.480. The Balaban J connectivity index is -0.000000323.